The highest BCUT2D eigenvalue weighted by Crippen LogP contribution is 2.45. The van der Waals surface area contributed by atoms with Crippen molar-refractivity contribution in [3.63, 3.8) is 0 Å². The molecular formula is C20H20Cl2O6. The highest BCUT2D eigenvalue weighted by molar-refractivity contribution is 6.22. The molecule has 0 saturated carbocycles. The number of rotatable bonds is 3. The molecule has 0 spiro atoms. The predicted octanol–water partition coefficient (Wildman–Crippen LogP) is 2.64. The molecule has 2 N–H and O–H groups in total. The molecule has 150 valence electrons. The van der Waals surface area contributed by atoms with Gasteiger partial charge in [-0.05, 0) is 0 Å². The van der Waals surface area contributed by atoms with E-state index in [4.69, 9.17) is 42.1 Å². The van der Waals surface area contributed by atoms with Crippen molar-refractivity contribution in [3.05, 3.63) is 71.8 Å². The molecule has 2 aliphatic heterocycles. The summed E-state index contributed by atoms with van der Waals surface area (Å²) in [4.78, 5) is 0. The number of halogens is 2. The molecule has 2 aromatic rings. The third-order valence-electron chi connectivity index (χ3n) is 4.83. The lowest BCUT2D eigenvalue weighted by Crippen LogP contribution is -2.55. The summed E-state index contributed by atoms with van der Waals surface area (Å²) in [5.41, 5.74) is 1.10. The van der Waals surface area contributed by atoms with Crippen LogP contribution in [-0.4, -0.2) is 47.8 Å². The third-order valence-corrected chi connectivity index (χ3v) is 5.64. The van der Waals surface area contributed by atoms with Crippen molar-refractivity contribution < 1.29 is 29.2 Å². The first kappa shape index (κ1) is 20.1. The average Bonchev–Trinajstić information content (AvgIpc) is 2.84. The minimum atomic E-state index is -1.72. The van der Waals surface area contributed by atoms with Crippen LogP contribution in [0.4, 0.5) is 0 Å². The van der Waals surface area contributed by atoms with Gasteiger partial charge in [0.25, 0.3) is 10.5 Å². The van der Waals surface area contributed by atoms with Crippen LogP contribution in [-0.2, 0) is 29.4 Å². The molecule has 2 fully saturated rings. The fourth-order valence-corrected chi connectivity index (χ4v) is 4.01. The fourth-order valence-electron chi connectivity index (χ4n) is 3.37. The number of fused-ring (bicyclic) bond motifs is 1. The fraction of sp³-hybridized carbons (Fsp3) is 0.400. The second-order valence-corrected chi connectivity index (χ2v) is 7.68. The van der Waals surface area contributed by atoms with Crippen LogP contribution in [0.25, 0.3) is 0 Å². The van der Waals surface area contributed by atoms with Gasteiger partial charge in [-0.15, -0.1) is 0 Å². The van der Waals surface area contributed by atoms with E-state index in [-0.39, 0.29) is 6.61 Å². The first-order chi connectivity index (χ1) is 13.5. The van der Waals surface area contributed by atoms with Crippen molar-refractivity contribution in [3.8, 4) is 0 Å². The summed E-state index contributed by atoms with van der Waals surface area (Å²) < 4.78 is 23.5. The van der Waals surface area contributed by atoms with Crippen molar-refractivity contribution in [1.82, 2.24) is 0 Å². The minimum absolute atomic E-state index is 0.00291. The lowest BCUT2D eigenvalue weighted by atomic mass is 10.0. The van der Waals surface area contributed by atoms with E-state index in [9.17, 15) is 10.2 Å². The summed E-state index contributed by atoms with van der Waals surface area (Å²) >= 11 is 13.2. The molecule has 0 bridgehead atoms. The van der Waals surface area contributed by atoms with Gasteiger partial charge in [-0.2, -0.15) is 0 Å². The highest BCUT2D eigenvalue weighted by atomic mass is 35.5. The number of benzene rings is 2. The summed E-state index contributed by atoms with van der Waals surface area (Å²) in [6, 6.07) is 17.8. The van der Waals surface area contributed by atoms with Gasteiger partial charge in [0, 0.05) is 11.1 Å². The van der Waals surface area contributed by atoms with E-state index in [1.807, 2.05) is 12.1 Å². The van der Waals surface area contributed by atoms with E-state index in [0.717, 1.165) is 0 Å². The maximum absolute atomic E-state index is 10.8. The Morgan fingerprint density at radius 2 is 1.43 bits per heavy atom. The molecule has 2 aromatic carbocycles. The molecule has 4 rings (SSSR count). The van der Waals surface area contributed by atoms with E-state index in [0.29, 0.717) is 11.1 Å². The Labute approximate surface area is 172 Å². The number of hydrogen-bond donors (Lipinski definition) is 2. The Hall–Kier alpha value is -1.22. The van der Waals surface area contributed by atoms with Crippen molar-refractivity contribution in [1.29, 1.82) is 0 Å². The highest BCUT2D eigenvalue weighted by Gasteiger charge is 2.54. The van der Waals surface area contributed by atoms with Crippen molar-refractivity contribution >= 4 is 23.2 Å². The number of alkyl halides is 2. The number of aliphatic hydroxyl groups excluding tert-OH is 2. The summed E-state index contributed by atoms with van der Waals surface area (Å²) in [6.07, 6.45) is -4.01. The van der Waals surface area contributed by atoms with Crippen LogP contribution in [0, 0.1) is 0 Å². The number of aliphatic hydroxyl groups is 2. The normalized spacial score (nSPS) is 38.4. The topological polar surface area (TPSA) is 77.4 Å². The zero-order valence-electron chi connectivity index (χ0n) is 14.8. The largest absolute Gasteiger partial charge is 0.394 e. The standard InChI is InChI=1S/C20H20Cl2O6/c21-19(13-7-3-1-4-8-13)25-12-16-18(28-19)17(24)15(11-23)26-20(22,27-16)14-9-5-2-6-10-14/h1-10,15-18,23-24H,11-12H2/t15-,16+,17+,18+,19?,20?/m0/s1. The second kappa shape index (κ2) is 7.89. The maximum atomic E-state index is 10.8. The van der Waals surface area contributed by atoms with Gasteiger partial charge in [0.15, 0.2) is 0 Å². The molecule has 2 heterocycles. The molecule has 2 unspecified atom stereocenters. The monoisotopic (exact) mass is 426 g/mol. The molecule has 0 aromatic heterocycles. The van der Waals surface area contributed by atoms with Gasteiger partial charge < -0.3 is 29.2 Å². The van der Waals surface area contributed by atoms with Gasteiger partial charge in [0.1, 0.15) is 24.4 Å². The van der Waals surface area contributed by atoms with Crippen LogP contribution in [0.2, 0.25) is 0 Å². The molecule has 2 aliphatic rings. The average molecular weight is 427 g/mol. The van der Waals surface area contributed by atoms with E-state index < -0.39 is 41.5 Å². The first-order valence-corrected chi connectivity index (χ1v) is 9.66. The van der Waals surface area contributed by atoms with Crippen molar-refractivity contribution in [2.45, 2.75) is 34.9 Å². The molecular weight excluding hydrogens is 407 g/mol. The van der Waals surface area contributed by atoms with Crippen LogP contribution < -0.4 is 0 Å². The molecule has 0 aliphatic carbocycles. The van der Waals surface area contributed by atoms with Crippen molar-refractivity contribution in [2.75, 3.05) is 13.2 Å². The van der Waals surface area contributed by atoms with Crippen LogP contribution in [0.3, 0.4) is 0 Å². The Bertz CT molecular complexity index is 794. The quantitative estimate of drug-likeness (QED) is 0.734. The maximum Gasteiger partial charge on any atom is 0.277 e. The Balaban J connectivity index is 1.66. The van der Waals surface area contributed by atoms with Crippen LogP contribution >= 0.6 is 23.2 Å². The van der Waals surface area contributed by atoms with Gasteiger partial charge in [-0.3, -0.25) is 0 Å². The third kappa shape index (κ3) is 3.67. The van der Waals surface area contributed by atoms with Gasteiger partial charge in [-0.25, -0.2) is 0 Å². The molecule has 6 nitrogen and oxygen atoms in total. The molecule has 6 atom stereocenters. The summed E-state index contributed by atoms with van der Waals surface area (Å²) in [7, 11) is 0. The first-order valence-electron chi connectivity index (χ1n) is 8.90. The van der Waals surface area contributed by atoms with E-state index in [1.54, 1.807) is 48.5 Å². The lowest BCUT2D eigenvalue weighted by Gasteiger charge is -2.42. The minimum Gasteiger partial charge on any atom is -0.394 e. The summed E-state index contributed by atoms with van der Waals surface area (Å²) in [6.45, 7) is -0.483. The molecule has 28 heavy (non-hydrogen) atoms. The summed E-state index contributed by atoms with van der Waals surface area (Å²) in [5.74, 6) is 0. The number of hydrogen-bond acceptors (Lipinski definition) is 6. The van der Waals surface area contributed by atoms with Gasteiger partial charge in [0.2, 0.25) is 0 Å². The molecule has 0 radical (unpaired) electrons. The smallest absolute Gasteiger partial charge is 0.277 e. The van der Waals surface area contributed by atoms with Crippen LogP contribution in [0.1, 0.15) is 11.1 Å². The van der Waals surface area contributed by atoms with E-state index in [1.165, 1.54) is 0 Å². The summed E-state index contributed by atoms with van der Waals surface area (Å²) in [5, 5.41) is 17.3. The molecule has 2 saturated heterocycles. The Morgan fingerprint density at radius 3 is 2.00 bits per heavy atom. The van der Waals surface area contributed by atoms with Crippen LogP contribution in [0.5, 0.6) is 0 Å². The Kier molecular flexibility index (Phi) is 5.66. The molecule has 8 heteroatoms. The van der Waals surface area contributed by atoms with Gasteiger partial charge in [-0.1, -0.05) is 83.9 Å². The predicted molar refractivity (Wildman–Crippen MR) is 102 cm³/mol. The number of ether oxygens (including phenoxy) is 4. The van der Waals surface area contributed by atoms with Gasteiger partial charge in [0.05, 0.1) is 13.2 Å². The molecule has 0 amide bonds. The Morgan fingerprint density at radius 1 is 0.857 bits per heavy atom. The van der Waals surface area contributed by atoms with E-state index >= 15 is 0 Å². The van der Waals surface area contributed by atoms with Crippen molar-refractivity contribution in [2.24, 2.45) is 0 Å². The second-order valence-electron chi connectivity index (χ2n) is 6.68. The zero-order chi connectivity index (χ0) is 19.8. The zero-order valence-corrected chi connectivity index (χ0v) is 16.3. The lowest BCUT2D eigenvalue weighted by molar-refractivity contribution is -0.317. The SMILES string of the molecule is OC[C@@H]1OC(Cl)(c2ccccc2)O[C@@H]2COC(Cl)(c3ccccc3)O[C@H]2[C@@H]1O. The van der Waals surface area contributed by atoms with Crippen LogP contribution in [0.15, 0.2) is 60.7 Å². The van der Waals surface area contributed by atoms with Gasteiger partial charge >= 0.3 is 0 Å². The van der Waals surface area contributed by atoms with E-state index in [2.05, 4.69) is 0 Å².